The molecule has 0 aliphatic heterocycles. The van der Waals surface area contributed by atoms with Crippen molar-refractivity contribution < 1.29 is 9.90 Å². The lowest BCUT2D eigenvalue weighted by atomic mass is 10.1. The second-order valence-corrected chi connectivity index (χ2v) is 4.92. The summed E-state index contributed by atoms with van der Waals surface area (Å²) < 4.78 is 1.69. The fourth-order valence-electron chi connectivity index (χ4n) is 1.98. The Bertz CT molecular complexity index is 641. The number of rotatable bonds is 5. The highest BCUT2D eigenvalue weighted by molar-refractivity contribution is 6.31. The van der Waals surface area contributed by atoms with Crippen LogP contribution in [0.3, 0.4) is 0 Å². The molecule has 0 spiro atoms. The molecule has 2 rings (SSSR count). The molecule has 0 aliphatic carbocycles. The molecular weight excluding hydrogens is 301 g/mol. The van der Waals surface area contributed by atoms with Crippen LogP contribution < -0.4 is 0 Å². The maximum absolute atomic E-state index is 11.4. The maximum atomic E-state index is 11.4. The summed E-state index contributed by atoms with van der Waals surface area (Å²) in [4.78, 5) is 11.4. The predicted molar refractivity (Wildman–Crippen MR) is 76.9 cm³/mol. The summed E-state index contributed by atoms with van der Waals surface area (Å²) in [5.41, 5.74) is 0.576. The zero-order chi connectivity index (χ0) is 14.7. The van der Waals surface area contributed by atoms with Crippen LogP contribution in [-0.4, -0.2) is 25.8 Å². The van der Waals surface area contributed by atoms with E-state index in [0.717, 1.165) is 6.42 Å². The van der Waals surface area contributed by atoms with E-state index in [9.17, 15) is 9.90 Å². The van der Waals surface area contributed by atoms with Gasteiger partial charge in [-0.2, -0.15) is 0 Å². The number of aromatic nitrogens is 3. The number of carboxylic acid groups (broad SMARTS) is 1. The Hall–Kier alpha value is -1.59. The molecule has 0 saturated carbocycles. The SMILES string of the molecule is CCCc1nnc(CCl)n1-c1ccc(Cl)cc1C(=O)O. The molecule has 0 amide bonds. The third-order valence-electron chi connectivity index (χ3n) is 2.82. The Morgan fingerprint density at radius 3 is 2.65 bits per heavy atom. The summed E-state index contributed by atoms with van der Waals surface area (Å²) in [5.74, 6) is 0.297. The van der Waals surface area contributed by atoms with Gasteiger partial charge >= 0.3 is 5.97 Å². The molecule has 0 bridgehead atoms. The number of hydrogen-bond donors (Lipinski definition) is 1. The van der Waals surface area contributed by atoms with Crippen molar-refractivity contribution in [3.8, 4) is 5.69 Å². The molecule has 2 aromatic rings. The molecule has 0 atom stereocenters. The van der Waals surface area contributed by atoms with E-state index in [1.54, 1.807) is 16.7 Å². The lowest BCUT2D eigenvalue weighted by Gasteiger charge is -2.12. The lowest BCUT2D eigenvalue weighted by molar-refractivity contribution is 0.0697. The van der Waals surface area contributed by atoms with Gasteiger partial charge in [-0.05, 0) is 24.6 Å². The predicted octanol–water partition coefficient (Wildman–Crippen LogP) is 3.31. The molecule has 0 saturated heterocycles. The smallest absolute Gasteiger partial charge is 0.337 e. The Balaban J connectivity index is 2.67. The second-order valence-electron chi connectivity index (χ2n) is 4.22. The molecule has 1 N–H and O–H groups in total. The summed E-state index contributed by atoms with van der Waals surface area (Å²) in [7, 11) is 0. The van der Waals surface area contributed by atoms with Crippen LogP contribution in [0.15, 0.2) is 18.2 Å². The molecule has 0 fully saturated rings. The third kappa shape index (κ3) is 2.78. The average Bonchev–Trinajstić information content (AvgIpc) is 2.82. The summed E-state index contributed by atoms with van der Waals surface area (Å²) in [6.07, 6.45) is 1.56. The van der Waals surface area contributed by atoms with Gasteiger partial charge in [0.05, 0.1) is 17.1 Å². The van der Waals surface area contributed by atoms with Crippen molar-refractivity contribution >= 4 is 29.2 Å². The van der Waals surface area contributed by atoms with Crippen LogP contribution in [0.4, 0.5) is 0 Å². The first-order valence-electron chi connectivity index (χ1n) is 6.10. The van der Waals surface area contributed by atoms with E-state index in [1.165, 1.54) is 6.07 Å². The van der Waals surface area contributed by atoms with Gasteiger partial charge in [-0.3, -0.25) is 4.57 Å². The van der Waals surface area contributed by atoms with Gasteiger partial charge in [0.1, 0.15) is 5.82 Å². The zero-order valence-corrected chi connectivity index (χ0v) is 12.3. The number of aromatic carboxylic acids is 1. The van der Waals surface area contributed by atoms with Gasteiger partial charge in [0.2, 0.25) is 0 Å². The number of carbonyl (C=O) groups is 1. The van der Waals surface area contributed by atoms with Gasteiger partial charge in [0, 0.05) is 11.4 Å². The topological polar surface area (TPSA) is 68.0 Å². The van der Waals surface area contributed by atoms with E-state index in [4.69, 9.17) is 23.2 Å². The van der Waals surface area contributed by atoms with Crippen LogP contribution in [0.25, 0.3) is 5.69 Å². The Kier molecular flexibility index (Phi) is 4.62. The van der Waals surface area contributed by atoms with E-state index in [-0.39, 0.29) is 11.4 Å². The largest absolute Gasteiger partial charge is 0.478 e. The van der Waals surface area contributed by atoms with Gasteiger partial charge in [-0.25, -0.2) is 4.79 Å². The number of alkyl halides is 1. The molecule has 20 heavy (non-hydrogen) atoms. The monoisotopic (exact) mass is 313 g/mol. The van der Waals surface area contributed by atoms with Gasteiger partial charge < -0.3 is 5.11 Å². The van der Waals surface area contributed by atoms with Crippen LogP contribution in [-0.2, 0) is 12.3 Å². The minimum Gasteiger partial charge on any atom is -0.478 e. The van der Waals surface area contributed by atoms with Crippen molar-refractivity contribution in [2.45, 2.75) is 25.6 Å². The minimum absolute atomic E-state index is 0.0982. The highest BCUT2D eigenvalue weighted by atomic mass is 35.5. The second kappa shape index (κ2) is 6.24. The first-order valence-corrected chi connectivity index (χ1v) is 7.02. The van der Waals surface area contributed by atoms with Crippen molar-refractivity contribution in [2.75, 3.05) is 0 Å². The Morgan fingerprint density at radius 2 is 2.05 bits per heavy atom. The molecule has 0 unspecified atom stereocenters. The van der Waals surface area contributed by atoms with E-state index >= 15 is 0 Å². The number of aryl methyl sites for hydroxylation is 1. The standard InChI is InChI=1S/C13H13Cl2N3O2/c1-2-3-11-16-17-12(7-14)18(11)10-5-4-8(15)6-9(10)13(19)20/h4-6H,2-3,7H2,1H3,(H,19,20). The molecule has 1 aromatic carbocycles. The van der Waals surface area contributed by atoms with Crippen molar-refractivity contribution in [3.63, 3.8) is 0 Å². The van der Waals surface area contributed by atoms with Crippen molar-refractivity contribution in [1.29, 1.82) is 0 Å². The molecule has 5 nitrogen and oxygen atoms in total. The van der Waals surface area contributed by atoms with Crippen LogP contribution in [0.5, 0.6) is 0 Å². The van der Waals surface area contributed by atoms with Gasteiger partial charge in [0.15, 0.2) is 5.82 Å². The van der Waals surface area contributed by atoms with Crippen molar-refractivity contribution in [1.82, 2.24) is 14.8 Å². The maximum Gasteiger partial charge on any atom is 0.337 e. The molecular formula is C13H13Cl2N3O2. The van der Waals surface area contributed by atoms with Gasteiger partial charge in [-0.15, -0.1) is 21.8 Å². The Morgan fingerprint density at radius 1 is 1.35 bits per heavy atom. The van der Waals surface area contributed by atoms with Crippen LogP contribution in [0.1, 0.15) is 35.4 Å². The zero-order valence-electron chi connectivity index (χ0n) is 10.8. The highest BCUT2D eigenvalue weighted by Gasteiger charge is 2.19. The molecule has 0 radical (unpaired) electrons. The van der Waals surface area contributed by atoms with Crippen molar-refractivity contribution in [3.05, 3.63) is 40.4 Å². The normalized spacial score (nSPS) is 10.8. The van der Waals surface area contributed by atoms with E-state index in [0.29, 0.717) is 28.8 Å². The van der Waals surface area contributed by atoms with Crippen LogP contribution >= 0.6 is 23.2 Å². The number of carboxylic acids is 1. The summed E-state index contributed by atoms with van der Waals surface area (Å²) in [6.45, 7) is 2.01. The number of hydrogen-bond acceptors (Lipinski definition) is 3. The molecule has 7 heteroatoms. The first kappa shape index (κ1) is 14.8. The van der Waals surface area contributed by atoms with E-state index < -0.39 is 5.97 Å². The van der Waals surface area contributed by atoms with E-state index in [1.807, 2.05) is 6.92 Å². The molecule has 106 valence electrons. The fourth-order valence-corrected chi connectivity index (χ4v) is 2.32. The number of halogens is 2. The average molecular weight is 314 g/mol. The summed E-state index contributed by atoms with van der Waals surface area (Å²) in [6, 6.07) is 4.69. The van der Waals surface area contributed by atoms with Crippen LogP contribution in [0, 0.1) is 0 Å². The number of nitrogens with zero attached hydrogens (tertiary/aromatic N) is 3. The lowest BCUT2D eigenvalue weighted by Crippen LogP contribution is -2.10. The van der Waals surface area contributed by atoms with E-state index in [2.05, 4.69) is 10.2 Å². The summed E-state index contributed by atoms with van der Waals surface area (Å²) in [5, 5.41) is 17.8. The third-order valence-corrected chi connectivity index (χ3v) is 3.29. The van der Waals surface area contributed by atoms with Gasteiger partial charge in [0.25, 0.3) is 0 Å². The molecule has 1 heterocycles. The fraction of sp³-hybridized carbons (Fsp3) is 0.308. The highest BCUT2D eigenvalue weighted by Crippen LogP contribution is 2.23. The van der Waals surface area contributed by atoms with Gasteiger partial charge in [-0.1, -0.05) is 18.5 Å². The summed E-state index contributed by atoms with van der Waals surface area (Å²) >= 11 is 11.7. The Labute approximate surface area is 126 Å². The first-order chi connectivity index (χ1) is 9.58. The number of benzene rings is 1. The van der Waals surface area contributed by atoms with Crippen LogP contribution in [0.2, 0.25) is 5.02 Å². The quantitative estimate of drug-likeness (QED) is 0.860. The molecule has 1 aromatic heterocycles. The minimum atomic E-state index is -1.06. The molecule has 0 aliphatic rings. The van der Waals surface area contributed by atoms with Crippen molar-refractivity contribution in [2.24, 2.45) is 0 Å².